The summed E-state index contributed by atoms with van der Waals surface area (Å²) in [6.45, 7) is 2.00. The standard InChI is InChI=1S/C21H16ClN3O3S/c1-12-7-8-17(27-2)14(9-12)16-10-29-21(24-16)25-20(26)18-19(28-11-23-18)13-5-3-4-6-15(13)22/h3-11H,1-2H3,(H,24,25,26). The molecular weight excluding hydrogens is 410 g/mol. The first-order valence-electron chi connectivity index (χ1n) is 8.67. The molecule has 0 fully saturated rings. The molecule has 0 spiro atoms. The van der Waals surface area contributed by atoms with Gasteiger partial charge in [0.25, 0.3) is 5.91 Å². The molecule has 0 atom stereocenters. The maximum absolute atomic E-state index is 12.8. The topological polar surface area (TPSA) is 77.2 Å². The Balaban J connectivity index is 1.60. The van der Waals surface area contributed by atoms with Crippen LogP contribution in [0.25, 0.3) is 22.6 Å². The second-order valence-corrected chi connectivity index (χ2v) is 7.47. The number of ether oxygens (including phenoxy) is 1. The monoisotopic (exact) mass is 425 g/mol. The Morgan fingerprint density at radius 2 is 2.03 bits per heavy atom. The van der Waals surface area contributed by atoms with Gasteiger partial charge < -0.3 is 9.15 Å². The van der Waals surface area contributed by atoms with Crippen LogP contribution in [0.15, 0.2) is 58.7 Å². The first-order valence-corrected chi connectivity index (χ1v) is 9.93. The van der Waals surface area contributed by atoms with E-state index in [2.05, 4.69) is 15.3 Å². The second kappa shape index (κ2) is 8.06. The highest BCUT2D eigenvalue weighted by molar-refractivity contribution is 7.14. The van der Waals surface area contributed by atoms with E-state index in [1.807, 2.05) is 36.6 Å². The van der Waals surface area contributed by atoms with Crippen LogP contribution in [0.5, 0.6) is 5.75 Å². The van der Waals surface area contributed by atoms with Crippen molar-refractivity contribution in [2.24, 2.45) is 0 Å². The van der Waals surface area contributed by atoms with Crippen LogP contribution in [0.3, 0.4) is 0 Å². The summed E-state index contributed by atoms with van der Waals surface area (Å²) in [7, 11) is 1.62. The summed E-state index contributed by atoms with van der Waals surface area (Å²) in [5, 5.41) is 5.56. The van der Waals surface area contributed by atoms with Crippen LogP contribution in [-0.4, -0.2) is 23.0 Å². The van der Waals surface area contributed by atoms with E-state index >= 15 is 0 Å². The molecule has 8 heteroatoms. The van der Waals surface area contributed by atoms with Gasteiger partial charge in [-0.2, -0.15) is 0 Å². The van der Waals surface area contributed by atoms with Crippen LogP contribution in [0, 0.1) is 6.92 Å². The third-order valence-electron chi connectivity index (χ3n) is 4.26. The van der Waals surface area contributed by atoms with Crippen molar-refractivity contribution in [3.8, 4) is 28.3 Å². The smallest absolute Gasteiger partial charge is 0.280 e. The molecule has 0 saturated heterocycles. The number of nitrogens with one attached hydrogen (secondary N) is 1. The number of thiazole rings is 1. The van der Waals surface area contributed by atoms with Gasteiger partial charge in [0.05, 0.1) is 17.8 Å². The molecule has 2 heterocycles. The first-order chi connectivity index (χ1) is 14.1. The molecule has 6 nitrogen and oxygen atoms in total. The molecule has 2 aromatic carbocycles. The van der Waals surface area contributed by atoms with Gasteiger partial charge in [-0.15, -0.1) is 11.3 Å². The average Bonchev–Trinajstić information content (AvgIpc) is 3.38. The number of halogens is 1. The molecular formula is C21H16ClN3O3S. The zero-order valence-corrected chi connectivity index (χ0v) is 17.2. The molecule has 2 aromatic heterocycles. The van der Waals surface area contributed by atoms with Crippen molar-refractivity contribution < 1.29 is 13.9 Å². The molecule has 4 aromatic rings. The molecule has 0 unspecified atom stereocenters. The molecule has 4 rings (SSSR count). The van der Waals surface area contributed by atoms with Gasteiger partial charge in [0.2, 0.25) is 0 Å². The van der Waals surface area contributed by atoms with Crippen LogP contribution in [0.1, 0.15) is 16.1 Å². The number of aryl methyl sites for hydroxylation is 1. The number of hydrogen-bond acceptors (Lipinski definition) is 6. The van der Waals surface area contributed by atoms with Gasteiger partial charge in [0, 0.05) is 16.5 Å². The van der Waals surface area contributed by atoms with Crippen molar-refractivity contribution in [3.63, 3.8) is 0 Å². The molecule has 29 heavy (non-hydrogen) atoms. The lowest BCUT2D eigenvalue weighted by Gasteiger charge is -2.07. The Hall–Kier alpha value is -3.16. The number of carbonyl (C=O) groups excluding carboxylic acids is 1. The van der Waals surface area contributed by atoms with Gasteiger partial charge in [-0.1, -0.05) is 35.4 Å². The van der Waals surface area contributed by atoms with E-state index < -0.39 is 5.91 Å². The Bertz CT molecular complexity index is 1190. The van der Waals surface area contributed by atoms with E-state index in [1.54, 1.807) is 25.3 Å². The predicted molar refractivity (Wildman–Crippen MR) is 114 cm³/mol. The minimum absolute atomic E-state index is 0.142. The quantitative estimate of drug-likeness (QED) is 0.444. The Kier molecular flexibility index (Phi) is 5.33. The van der Waals surface area contributed by atoms with Crippen molar-refractivity contribution in [3.05, 3.63) is 70.5 Å². The number of hydrogen-bond donors (Lipinski definition) is 1. The predicted octanol–water partition coefficient (Wildman–Crippen LogP) is 5.69. The van der Waals surface area contributed by atoms with E-state index in [0.717, 1.165) is 22.6 Å². The fourth-order valence-corrected chi connectivity index (χ4v) is 3.80. The van der Waals surface area contributed by atoms with Crippen molar-refractivity contribution in [1.29, 1.82) is 0 Å². The highest BCUT2D eigenvalue weighted by Gasteiger charge is 2.21. The Morgan fingerprint density at radius 1 is 1.21 bits per heavy atom. The number of benzene rings is 2. The maximum Gasteiger partial charge on any atom is 0.280 e. The summed E-state index contributed by atoms with van der Waals surface area (Å²) in [5.41, 5.74) is 3.41. The van der Waals surface area contributed by atoms with Gasteiger partial charge in [-0.25, -0.2) is 9.97 Å². The molecule has 0 radical (unpaired) electrons. The minimum atomic E-state index is -0.425. The summed E-state index contributed by atoms with van der Waals surface area (Å²) in [6.07, 6.45) is 1.22. The van der Waals surface area contributed by atoms with Crippen molar-refractivity contribution in [1.82, 2.24) is 9.97 Å². The normalized spacial score (nSPS) is 10.7. The van der Waals surface area contributed by atoms with Gasteiger partial charge in [-0.3, -0.25) is 10.1 Å². The number of aromatic nitrogens is 2. The number of methoxy groups -OCH3 is 1. The Labute approximate surface area is 176 Å². The van der Waals surface area contributed by atoms with Crippen LogP contribution in [-0.2, 0) is 0 Å². The zero-order chi connectivity index (χ0) is 20.4. The zero-order valence-electron chi connectivity index (χ0n) is 15.6. The number of amides is 1. The van der Waals surface area contributed by atoms with E-state index in [9.17, 15) is 4.79 Å². The van der Waals surface area contributed by atoms with Crippen LogP contribution in [0.4, 0.5) is 5.13 Å². The van der Waals surface area contributed by atoms with Gasteiger partial charge in [0.1, 0.15) is 5.75 Å². The van der Waals surface area contributed by atoms with E-state index in [4.69, 9.17) is 20.8 Å². The van der Waals surface area contributed by atoms with Gasteiger partial charge >= 0.3 is 0 Å². The third-order valence-corrected chi connectivity index (χ3v) is 5.34. The summed E-state index contributed by atoms with van der Waals surface area (Å²) < 4.78 is 10.8. The highest BCUT2D eigenvalue weighted by atomic mass is 35.5. The summed E-state index contributed by atoms with van der Waals surface area (Å²) in [5.74, 6) is 0.604. The molecule has 0 aliphatic carbocycles. The maximum atomic E-state index is 12.8. The molecule has 1 amide bonds. The summed E-state index contributed by atoms with van der Waals surface area (Å²) >= 11 is 7.54. The molecule has 1 N–H and O–H groups in total. The summed E-state index contributed by atoms with van der Waals surface area (Å²) in [4.78, 5) is 21.3. The van der Waals surface area contributed by atoms with Crippen molar-refractivity contribution >= 4 is 34.0 Å². The Morgan fingerprint density at radius 3 is 2.83 bits per heavy atom. The van der Waals surface area contributed by atoms with Gasteiger partial charge in [-0.05, 0) is 31.2 Å². The second-order valence-electron chi connectivity index (χ2n) is 6.21. The summed E-state index contributed by atoms with van der Waals surface area (Å²) in [6, 6.07) is 13.0. The number of nitrogens with zero attached hydrogens (tertiary/aromatic N) is 2. The highest BCUT2D eigenvalue weighted by Crippen LogP contribution is 2.34. The van der Waals surface area contributed by atoms with Crippen LogP contribution in [0.2, 0.25) is 5.02 Å². The number of rotatable bonds is 5. The third kappa shape index (κ3) is 3.87. The average molecular weight is 426 g/mol. The lowest BCUT2D eigenvalue weighted by Crippen LogP contribution is -2.13. The molecule has 0 aliphatic heterocycles. The van der Waals surface area contributed by atoms with Gasteiger partial charge in [0.15, 0.2) is 23.0 Å². The largest absolute Gasteiger partial charge is 0.496 e. The fourth-order valence-electron chi connectivity index (χ4n) is 2.88. The number of carbonyl (C=O) groups is 1. The minimum Gasteiger partial charge on any atom is -0.496 e. The molecule has 0 aliphatic rings. The number of anilines is 1. The lowest BCUT2D eigenvalue weighted by molar-refractivity contribution is 0.102. The first kappa shape index (κ1) is 19.2. The van der Waals surface area contributed by atoms with Crippen molar-refractivity contribution in [2.75, 3.05) is 12.4 Å². The van der Waals surface area contributed by atoms with E-state index in [-0.39, 0.29) is 5.69 Å². The van der Waals surface area contributed by atoms with E-state index in [1.165, 1.54) is 17.7 Å². The lowest BCUT2D eigenvalue weighted by atomic mass is 10.1. The van der Waals surface area contributed by atoms with Crippen LogP contribution >= 0.6 is 22.9 Å². The molecule has 146 valence electrons. The molecule has 0 saturated carbocycles. The van der Waals surface area contributed by atoms with Crippen LogP contribution < -0.4 is 10.1 Å². The molecule has 0 bridgehead atoms. The fraction of sp³-hybridized carbons (Fsp3) is 0.0952. The van der Waals surface area contributed by atoms with E-state index in [0.29, 0.717) is 21.5 Å². The number of oxazole rings is 1. The SMILES string of the molecule is COc1ccc(C)cc1-c1csc(NC(=O)c2ncoc2-c2ccccc2Cl)n1. The van der Waals surface area contributed by atoms with Crippen molar-refractivity contribution in [2.45, 2.75) is 6.92 Å².